The van der Waals surface area contributed by atoms with Crippen LogP contribution in [0.25, 0.3) is 0 Å². The molecule has 1 aromatic rings. The number of nitrogens with zero attached hydrogens (tertiary/aromatic N) is 2. The number of anilines is 2. The number of rotatable bonds is 4. The van der Waals surface area contributed by atoms with Gasteiger partial charge in [-0.25, -0.2) is 9.97 Å². The summed E-state index contributed by atoms with van der Waals surface area (Å²) in [6.45, 7) is 7.94. The molecule has 0 radical (unpaired) electrons. The van der Waals surface area contributed by atoms with Gasteiger partial charge in [-0.1, -0.05) is 13.8 Å². The Morgan fingerprint density at radius 2 is 1.79 bits per heavy atom. The fraction of sp³-hybridized carbons (Fsp3) is 0.714. The van der Waals surface area contributed by atoms with Gasteiger partial charge >= 0.3 is 0 Å². The zero-order chi connectivity index (χ0) is 13.8. The van der Waals surface area contributed by atoms with Crippen LogP contribution in [0.3, 0.4) is 0 Å². The molecule has 2 heterocycles. The molecule has 0 aromatic carbocycles. The fourth-order valence-electron chi connectivity index (χ4n) is 2.21. The quantitative estimate of drug-likeness (QED) is 0.875. The summed E-state index contributed by atoms with van der Waals surface area (Å²) < 4.78 is 5.39. The molecule has 1 aliphatic heterocycles. The summed E-state index contributed by atoms with van der Waals surface area (Å²) in [7, 11) is 1.90. The molecule has 0 bridgehead atoms. The monoisotopic (exact) mass is 264 g/mol. The van der Waals surface area contributed by atoms with Gasteiger partial charge in [-0.3, -0.25) is 0 Å². The first-order chi connectivity index (χ1) is 9.11. The van der Waals surface area contributed by atoms with Crippen LogP contribution in [0.1, 0.15) is 44.0 Å². The van der Waals surface area contributed by atoms with Crippen molar-refractivity contribution in [3.63, 3.8) is 0 Å². The molecule has 1 aromatic heterocycles. The van der Waals surface area contributed by atoms with Gasteiger partial charge in [0.1, 0.15) is 17.5 Å². The predicted octanol–water partition coefficient (Wildman–Crippen LogP) is 2.54. The maximum atomic E-state index is 5.39. The minimum absolute atomic E-state index is 0.322. The number of ether oxygens (including phenoxy) is 1. The predicted molar refractivity (Wildman–Crippen MR) is 77.9 cm³/mol. The van der Waals surface area contributed by atoms with Gasteiger partial charge in [0, 0.05) is 37.8 Å². The molecular weight excluding hydrogens is 240 g/mol. The van der Waals surface area contributed by atoms with Crippen molar-refractivity contribution in [2.45, 2.75) is 45.6 Å². The Bertz CT molecular complexity index is 428. The van der Waals surface area contributed by atoms with Crippen molar-refractivity contribution >= 4 is 11.6 Å². The first-order valence-electron chi connectivity index (χ1n) is 7.02. The molecule has 0 atom stereocenters. The smallest absolute Gasteiger partial charge is 0.135 e. The van der Waals surface area contributed by atoms with E-state index >= 15 is 0 Å². The fourth-order valence-corrected chi connectivity index (χ4v) is 2.21. The van der Waals surface area contributed by atoms with Gasteiger partial charge in [0.25, 0.3) is 0 Å². The van der Waals surface area contributed by atoms with Crippen LogP contribution in [0.15, 0.2) is 0 Å². The summed E-state index contributed by atoms with van der Waals surface area (Å²) in [5.74, 6) is 3.07. The summed E-state index contributed by atoms with van der Waals surface area (Å²) in [5, 5.41) is 6.70. The summed E-state index contributed by atoms with van der Waals surface area (Å²) in [4.78, 5) is 9.23. The maximum absolute atomic E-state index is 5.39. The molecule has 1 fully saturated rings. The molecule has 1 aliphatic rings. The van der Waals surface area contributed by atoms with Crippen LogP contribution >= 0.6 is 0 Å². The van der Waals surface area contributed by atoms with Gasteiger partial charge in [0.15, 0.2) is 0 Å². The van der Waals surface area contributed by atoms with Crippen LogP contribution < -0.4 is 10.6 Å². The zero-order valence-corrected chi connectivity index (χ0v) is 12.3. The lowest BCUT2D eigenvalue weighted by Crippen LogP contribution is -2.29. The Labute approximate surface area is 115 Å². The van der Waals surface area contributed by atoms with Crippen LogP contribution in [0.4, 0.5) is 11.6 Å². The topological polar surface area (TPSA) is 59.1 Å². The van der Waals surface area contributed by atoms with Crippen molar-refractivity contribution in [2.75, 3.05) is 30.9 Å². The molecule has 0 unspecified atom stereocenters. The van der Waals surface area contributed by atoms with Gasteiger partial charge in [-0.2, -0.15) is 0 Å². The highest BCUT2D eigenvalue weighted by Crippen LogP contribution is 2.24. The highest BCUT2D eigenvalue weighted by molar-refractivity contribution is 5.57. The van der Waals surface area contributed by atoms with Crippen LogP contribution in [0.5, 0.6) is 0 Å². The molecule has 19 heavy (non-hydrogen) atoms. The van der Waals surface area contributed by atoms with E-state index in [1.807, 2.05) is 7.05 Å². The lowest BCUT2D eigenvalue weighted by molar-refractivity contribution is 0.0903. The second kappa shape index (κ2) is 6.19. The van der Waals surface area contributed by atoms with Crippen LogP contribution in [-0.2, 0) is 4.74 Å². The molecule has 0 aliphatic carbocycles. The molecule has 0 saturated carbocycles. The maximum Gasteiger partial charge on any atom is 0.135 e. The number of hydrogen-bond acceptors (Lipinski definition) is 5. The Hall–Kier alpha value is -1.36. The average molecular weight is 264 g/mol. The summed E-state index contributed by atoms with van der Waals surface area (Å²) in [6.07, 6.45) is 2.07. The van der Waals surface area contributed by atoms with E-state index in [-0.39, 0.29) is 0 Å². The molecule has 1 saturated heterocycles. The van der Waals surface area contributed by atoms with E-state index in [1.54, 1.807) is 0 Å². The largest absolute Gasteiger partial charge is 0.381 e. The molecular formula is C14H24N4O. The molecule has 2 N–H and O–H groups in total. The van der Waals surface area contributed by atoms with Gasteiger partial charge in [-0.05, 0) is 19.8 Å². The normalized spacial score (nSPS) is 16.7. The van der Waals surface area contributed by atoms with Crippen molar-refractivity contribution in [1.82, 2.24) is 9.97 Å². The lowest BCUT2D eigenvalue weighted by atomic mass is 10.1. The van der Waals surface area contributed by atoms with E-state index in [9.17, 15) is 0 Å². The number of nitrogens with one attached hydrogen (secondary N) is 2. The van der Waals surface area contributed by atoms with E-state index in [4.69, 9.17) is 4.74 Å². The first kappa shape index (κ1) is 14.1. The minimum Gasteiger partial charge on any atom is -0.381 e. The SMILES string of the molecule is CNc1nc(C(C)C)nc(NC2CCOCC2)c1C. The van der Waals surface area contributed by atoms with Crippen LogP contribution in [0, 0.1) is 6.92 Å². The molecule has 0 amide bonds. The van der Waals surface area contributed by atoms with Crippen molar-refractivity contribution in [3.05, 3.63) is 11.4 Å². The molecule has 2 rings (SSSR count). The highest BCUT2D eigenvalue weighted by Gasteiger charge is 2.18. The Morgan fingerprint density at radius 3 is 2.37 bits per heavy atom. The van der Waals surface area contributed by atoms with E-state index < -0.39 is 0 Å². The third kappa shape index (κ3) is 3.35. The van der Waals surface area contributed by atoms with Crippen molar-refractivity contribution < 1.29 is 4.74 Å². The second-order valence-corrected chi connectivity index (χ2v) is 5.34. The highest BCUT2D eigenvalue weighted by atomic mass is 16.5. The zero-order valence-electron chi connectivity index (χ0n) is 12.3. The van der Waals surface area contributed by atoms with Gasteiger partial charge in [0.05, 0.1) is 0 Å². The summed E-state index contributed by atoms with van der Waals surface area (Å²) in [6, 6.07) is 0.451. The van der Waals surface area contributed by atoms with Crippen LogP contribution in [-0.4, -0.2) is 36.3 Å². The lowest BCUT2D eigenvalue weighted by Gasteiger charge is -2.25. The van der Waals surface area contributed by atoms with Gasteiger partial charge in [0.2, 0.25) is 0 Å². The first-order valence-corrected chi connectivity index (χ1v) is 7.02. The standard InChI is InChI=1S/C14H24N4O/c1-9(2)12-17-13(15-4)10(3)14(18-12)16-11-5-7-19-8-6-11/h9,11H,5-8H2,1-4H3,(H2,15,16,17,18). The van der Waals surface area contributed by atoms with E-state index in [0.717, 1.165) is 49.1 Å². The molecule has 106 valence electrons. The number of aromatic nitrogens is 2. The Morgan fingerprint density at radius 1 is 1.16 bits per heavy atom. The average Bonchev–Trinajstić information content (AvgIpc) is 2.42. The molecule has 5 nitrogen and oxygen atoms in total. The summed E-state index contributed by atoms with van der Waals surface area (Å²) >= 11 is 0. The van der Waals surface area contributed by atoms with Gasteiger partial charge < -0.3 is 15.4 Å². The third-order valence-corrected chi connectivity index (χ3v) is 3.48. The van der Waals surface area contributed by atoms with E-state index in [2.05, 4.69) is 41.4 Å². The van der Waals surface area contributed by atoms with Gasteiger partial charge in [-0.15, -0.1) is 0 Å². The third-order valence-electron chi connectivity index (χ3n) is 3.48. The summed E-state index contributed by atoms with van der Waals surface area (Å²) in [5.41, 5.74) is 1.08. The van der Waals surface area contributed by atoms with E-state index in [1.165, 1.54) is 0 Å². The Balaban J connectivity index is 2.24. The van der Waals surface area contributed by atoms with Crippen molar-refractivity contribution in [3.8, 4) is 0 Å². The van der Waals surface area contributed by atoms with Crippen molar-refractivity contribution in [2.24, 2.45) is 0 Å². The molecule has 0 spiro atoms. The molecule has 5 heteroatoms. The second-order valence-electron chi connectivity index (χ2n) is 5.34. The Kier molecular flexibility index (Phi) is 4.58. The van der Waals surface area contributed by atoms with Crippen LogP contribution in [0.2, 0.25) is 0 Å². The number of hydrogen-bond donors (Lipinski definition) is 2. The minimum atomic E-state index is 0.322. The van der Waals surface area contributed by atoms with Crippen molar-refractivity contribution in [1.29, 1.82) is 0 Å². The van der Waals surface area contributed by atoms with E-state index in [0.29, 0.717) is 12.0 Å².